The van der Waals surface area contributed by atoms with Gasteiger partial charge in [-0.1, -0.05) is 19.1 Å². The number of benzene rings is 1. The van der Waals surface area contributed by atoms with Gasteiger partial charge >= 0.3 is 0 Å². The third-order valence-electron chi connectivity index (χ3n) is 3.15. The van der Waals surface area contributed by atoms with E-state index in [4.69, 9.17) is 19.9 Å². The highest BCUT2D eigenvalue weighted by atomic mass is 16.5. The fraction of sp³-hybridized carbons (Fsp3) is 0.600. The molecular weight excluding hydrogens is 242 g/mol. The van der Waals surface area contributed by atoms with E-state index in [-0.39, 0.29) is 12.1 Å². The molecule has 0 bridgehead atoms. The zero-order valence-corrected chi connectivity index (χ0v) is 12.3. The van der Waals surface area contributed by atoms with Crippen LogP contribution in [0.25, 0.3) is 0 Å². The van der Waals surface area contributed by atoms with Crippen LogP contribution in [-0.4, -0.2) is 33.0 Å². The summed E-state index contributed by atoms with van der Waals surface area (Å²) in [5, 5.41) is 0. The van der Waals surface area contributed by atoms with Crippen molar-refractivity contribution in [1.29, 1.82) is 0 Å². The van der Waals surface area contributed by atoms with Gasteiger partial charge in [-0.3, -0.25) is 0 Å². The van der Waals surface area contributed by atoms with Gasteiger partial charge in [-0.15, -0.1) is 0 Å². The number of nitrogens with two attached hydrogens (primary N) is 1. The quantitative estimate of drug-likeness (QED) is 0.785. The van der Waals surface area contributed by atoms with Crippen molar-refractivity contribution in [3.05, 3.63) is 23.8 Å². The molecule has 4 nitrogen and oxygen atoms in total. The molecular formula is C15H25NO3. The molecule has 19 heavy (non-hydrogen) atoms. The van der Waals surface area contributed by atoms with Gasteiger partial charge in [0.15, 0.2) is 11.5 Å². The van der Waals surface area contributed by atoms with Crippen molar-refractivity contribution in [3.8, 4) is 11.5 Å². The first kappa shape index (κ1) is 15.8. The summed E-state index contributed by atoms with van der Waals surface area (Å²) in [6, 6.07) is 6.02. The minimum Gasteiger partial charge on any atom is -0.493 e. The lowest BCUT2D eigenvalue weighted by Crippen LogP contribution is -2.22. The molecule has 1 aromatic rings. The molecule has 0 aromatic heterocycles. The highest BCUT2D eigenvalue weighted by molar-refractivity contribution is 5.47. The van der Waals surface area contributed by atoms with Crippen LogP contribution in [-0.2, 0) is 11.2 Å². The van der Waals surface area contributed by atoms with Gasteiger partial charge in [-0.05, 0) is 31.4 Å². The summed E-state index contributed by atoms with van der Waals surface area (Å²) in [6.07, 6.45) is 1.76. The van der Waals surface area contributed by atoms with E-state index in [9.17, 15) is 0 Å². The summed E-state index contributed by atoms with van der Waals surface area (Å²) in [5.41, 5.74) is 7.11. The van der Waals surface area contributed by atoms with Gasteiger partial charge in [0.25, 0.3) is 0 Å². The molecule has 0 spiro atoms. The maximum absolute atomic E-state index is 6.03. The van der Waals surface area contributed by atoms with Gasteiger partial charge in [0.05, 0.1) is 13.2 Å². The average Bonchev–Trinajstić information content (AvgIpc) is 2.44. The van der Waals surface area contributed by atoms with Gasteiger partial charge in [0.1, 0.15) is 6.61 Å². The van der Waals surface area contributed by atoms with Crippen molar-refractivity contribution >= 4 is 0 Å². The predicted octanol–water partition coefficient (Wildman–Crippen LogP) is 2.39. The molecule has 0 amide bonds. The number of ether oxygens (including phenoxy) is 3. The largest absolute Gasteiger partial charge is 0.493 e. The van der Waals surface area contributed by atoms with Crippen molar-refractivity contribution in [2.45, 2.75) is 38.8 Å². The lowest BCUT2D eigenvalue weighted by molar-refractivity contribution is 0.0702. The van der Waals surface area contributed by atoms with Gasteiger partial charge in [-0.2, -0.15) is 0 Å². The average molecular weight is 267 g/mol. The first-order valence-electron chi connectivity index (χ1n) is 6.69. The molecule has 0 aliphatic rings. The second-order valence-corrected chi connectivity index (χ2v) is 4.68. The summed E-state index contributed by atoms with van der Waals surface area (Å²) in [7, 11) is 3.32. The zero-order chi connectivity index (χ0) is 14.3. The van der Waals surface area contributed by atoms with Gasteiger partial charge in [0.2, 0.25) is 0 Å². The predicted molar refractivity (Wildman–Crippen MR) is 76.9 cm³/mol. The van der Waals surface area contributed by atoms with Crippen LogP contribution in [0.5, 0.6) is 11.5 Å². The Balaban J connectivity index is 2.89. The number of rotatable bonds is 8. The van der Waals surface area contributed by atoms with Crippen molar-refractivity contribution in [2.24, 2.45) is 5.73 Å². The van der Waals surface area contributed by atoms with E-state index < -0.39 is 0 Å². The molecule has 2 atom stereocenters. The Labute approximate surface area is 115 Å². The highest BCUT2D eigenvalue weighted by Gasteiger charge is 2.14. The first-order chi connectivity index (χ1) is 9.12. The van der Waals surface area contributed by atoms with Crippen molar-refractivity contribution < 1.29 is 14.2 Å². The molecule has 1 rings (SSSR count). The Hall–Kier alpha value is -1.26. The molecule has 108 valence electrons. The zero-order valence-electron chi connectivity index (χ0n) is 12.3. The summed E-state index contributed by atoms with van der Waals surface area (Å²) in [6.45, 7) is 4.54. The van der Waals surface area contributed by atoms with E-state index in [0.29, 0.717) is 6.61 Å². The maximum Gasteiger partial charge on any atom is 0.164 e. The maximum atomic E-state index is 6.03. The minimum absolute atomic E-state index is 0.0395. The Bertz CT molecular complexity index is 382. The number of hydrogen-bond acceptors (Lipinski definition) is 4. The van der Waals surface area contributed by atoms with Gasteiger partial charge < -0.3 is 19.9 Å². The van der Waals surface area contributed by atoms with Gasteiger partial charge in [-0.25, -0.2) is 0 Å². The number of methoxy groups -OCH3 is 2. The normalized spacial score (nSPS) is 13.9. The van der Waals surface area contributed by atoms with Crippen LogP contribution in [0, 0.1) is 0 Å². The molecule has 0 aliphatic heterocycles. The summed E-state index contributed by atoms with van der Waals surface area (Å²) >= 11 is 0. The number of hydrogen-bond donors (Lipinski definition) is 1. The standard InChI is InChI=1S/C15H25NO3/c1-5-13(16)9-12-7-6-8-14(18-4)15(12)19-10-11(2)17-3/h6-8,11,13H,5,9-10,16H2,1-4H3. The number of para-hydroxylation sites is 1. The molecule has 0 saturated carbocycles. The molecule has 1 aromatic carbocycles. The Morgan fingerprint density at radius 2 is 2.00 bits per heavy atom. The third kappa shape index (κ3) is 4.73. The monoisotopic (exact) mass is 267 g/mol. The Kier molecular flexibility index (Phi) is 6.67. The Morgan fingerprint density at radius 3 is 2.58 bits per heavy atom. The Morgan fingerprint density at radius 1 is 1.26 bits per heavy atom. The van der Waals surface area contributed by atoms with Crippen LogP contribution in [0.15, 0.2) is 18.2 Å². The van der Waals surface area contributed by atoms with Crippen LogP contribution >= 0.6 is 0 Å². The highest BCUT2D eigenvalue weighted by Crippen LogP contribution is 2.32. The molecule has 0 aliphatic carbocycles. The summed E-state index contributed by atoms with van der Waals surface area (Å²) in [5.74, 6) is 1.52. The fourth-order valence-corrected chi connectivity index (χ4v) is 1.74. The molecule has 4 heteroatoms. The van der Waals surface area contributed by atoms with Gasteiger partial charge in [0, 0.05) is 13.2 Å². The van der Waals surface area contributed by atoms with Crippen molar-refractivity contribution in [2.75, 3.05) is 20.8 Å². The third-order valence-corrected chi connectivity index (χ3v) is 3.15. The molecule has 0 saturated heterocycles. The second kappa shape index (κ2) is 8.02. The lowest BCUT2D eigenvalue weighted by Gasteiger charge is -2.18. The van der Waals surface area contributed by atoms with E-state index in [1.165, 1.54) is 0 Å². The molecule has 0 fully saturated rings. The van der Waals surface area contributed by atoms with Crippen LogP contribution in [0.4, 0.5) is 0 Å². The van der Waals surface area contributed by atoms with Crippen molar-refractivity contribution in [1.82, 2.24) is 0 Å². The van der Waals surface area contributed by atoms with E-state index in [1.54, 1.807) is 14.2 Å². The van der Waals surface area contributed by atoms with E-state index in [1.807, 2.05) is 25.1 Å². The molecule has 0 radical (unpaired) electrons. The summed E-state index contributed by atoms with van der Waals surface area (Å²) in [4.78, 5) is 0. The van der Waals surface area contributed by atoms with Crippen LogP contribution < -0.4 is 15.2 Å². The molecule has 2 unspecified atom stereocenters. The molecule has 0 heterocycles. The van der Waals surface area contributed by atoms with Crippen LogP contribution in [0.1, 0.15) is 25.8 Å². The minimum atomic E-state index is 0.0395. The van der Waals surface area contributed by atoms with E-state index in [2.05, 4.69) is 6.92 Å². The second-order valence-electron chi connectivity index (χ2n) is 4.68. The van der Waals surface area contributed by atoms with E-state index >= 15 is 0 Å². The lowest BCUT2D eigenvalue weighted by atomic mass is 10.0. The first-order valence-corrected chi connectivity index (χ1v) is 6.69. The fourth-order valence-electron chi connectivity index (χ4n) is 1.74. The van der Waals surface area contributed by atoms with Crippen LogP contribution in [0.2, 0.25) is 0 Å². The topological polar surface area (TPSA) is 53.7 Å². The van der Waals surface area contributed by atoms with Crippen LogP contribution in [0.3, 0.4) is 0 Å². The van der Waals surface area contributed by atoms with E-state index in [0.717, 1.165) is 29.9 Å². The SMILES string of the molecule is CCC(N)Cc1cccc(OC)c1OCC(C)OC. The summed E-state index contributed by atoms with van der Waals surface area (Å²) < 4.78 is 16.4. The smallest absolute Gasteiger partial charge is 0.164 e. The molecule has 2 N–H and O–H groups in total. The van der Waals surface area contributed by atoms with Crippen molar-refractivity contribution in [3.63, 3.8) is 0 Å².